The number of hydrogen-bond donors (Lipinski definition) is 1. The number of likely N-dealkylation sites (tertiary alicyclic amines) is 1. The molecule has 1 atom stereocenters. The minimum Gasteiger partial charge on any atom is -0.494 e. The number of rotatable bonds is 11. The Kier molecular flexibility index (Phi) is 9.47. The van der Waals surface area contributed by atoms with Crippen molar-refractivity contribution in [2.75, 3.05) is 26.2 Å². The van der Waals surface area contributed by atoms with E-state index in [4.69, 9.17) is 4.74 Å². The molecule has 1 N–H and O–H groups in total. The van der Waals surface area contributed by atoms with E-state index in [1.54, 1.807) is 11.1 Å². The Morgan fingerprint density at radius 2 is 1.81 bits per heavy atom. The second-order valence-corrected chi connectivity index (χ2v) is 10.6. The van der Waals surface area contributed by atoms with Crippen molar-refractivity contribution in [3.05, 3.63) is 41.0 Å². The van der Waals surface area contributed by atoms with Crippen molar-refractivity contribution in [1.82, 2.24) is 10.2 Å². The van der Waals surface area contributed by atoms with E-state index >= 15 is 0 Å². The van der Waals surface area contributed by atoms with Gasteiger partial charge >= 0.3 is 0 Å². The van der Waals surface area contributed by atoms with Gasteiger partial charge in [-0.05, 0) is 101 Å². The van der Waals surface area contributed by atoms with Crippen LogP contribution in [0, 0.1) is 5.41 Å². The summed E-state index contributed by atoms with van der Waals surface area (Å²) in [5, 5.41) is 3.72. The number of piperidine rings is 1. The Hall–Kier alpha value is -1.32. The molecule has 1 aliphatic carbocycles. The lowest BCUT2D eigenvalue weighted by Gasteiger charge is -2.35. The van der Waals surface area contributed by atoms with Crippen LogP contribution in [0.25, 0.3) is 0 Å². The highest BCUT2D eigenvalue weighted by Crippen LogP contribution is 2.42. The lowest BCUT2D eigenvalue weighted by molar-refractivity contribution is 0.205. The summed E-state index contributed by atoms with van der Waals surface area (Å²) in [5.74, 6) is 0.998. The fourth-order valence-corrected chi connectivity index (χ4v) is 5.35. The van der Waals surface area contributed by atoms with Crippen molar-refractivity contribution >= 4 is 0 Å². The SMILES string of the molecule is CC1=C(CC[C@H](C)NCc2ccc(OCCCN3CCCCC3)cc2)C(C)(C)CCC1. The van der Waals surface area contributed by atoms with Crippen LogP contribution >= 0.6 is 0 Å². The number of allylic oxidation sites excluding steroid dienone is 2. The smallest absolute Gasteiger partial charge is 0.119 e. The van der Waals surface area contributed by atoms with E-state index in [1.807, 2.05) is 0 Å². The van der Waals surface area contributed by atoms with E-state index in [1.165, 1.54) is 76.6 Å². The molecule has 3 nitrogen and oxygen atoms in total. The summed E-state index contributed by atoms with van der Waals surface area (Å²) in [4.78, 5) is 2.58. The van der Waals surface area contributed by atoms with Crippen LogP contribution in [0.3, 0.4) is 0 Å². The molecule has 0 aromatic heterocycles. The van der Waals surface area contributed by atoms with Crippen molar-refractivity contribution in [3.63, 3.8) is 0 Å². The average molecular weight is 427 g/mol. The van der Waals surface area contributed by atoms with E-state index in [0.29, 0.717) is 11.5 Å². The third kappa shape index (κ3) is 7.95. The average Bonchev–Trinajstić information content (AvgIpc) is 2.76. The van der Waals surface area contributed by atoms with Crippen LogP contribution in [0.2, 0.25) is 0 Å². The van der Waals surface area contributed by atoms with Crippen LogP contribution in [-0.4, -0.2) is 37.2 Å². The molecule has 0 unspecified atom stereocenters. The number of nitrogens with zero attached hydrogens (tertiary/aromatic N) is 1. The predicted molar refractivity (Wildman–Crippen MR) is 133 cm³/mol. The summed E-state index contributed by atoms with van der Waals surface area (Å²) in [5.41, 5.74) is 5.09. The molecule has 1 heterocycles. The Morgan fingerprint density at radius 1 is 1.06 bits per heavy atom. The number of ether oxygens (including phenoxy) is 1. The molecule has 3 heteroatoms. The summed E-state index contributed by atoms with van der Waals surface area (Å²) < 4.78 is 5.96. The van der Waals surface area contributed by atoms with E-state index in [0.717, 1.165) is 25.3 Å². The van der Waals surface area contributed by atoms with Crippen molar-refractivity contribution in [1.29, 1.82) is 0 Å². The highest BCUT2D eigenvalue weighted by molar-refractivity contribution is 5.27. The first-order valence-corrected chi connectivity index (χ1v) is 12.8. The fraction of sp³-hybridized carbons (Fsp3) is 0.714. The van der Waals surface area contributed by atoms with E-state index in [-0.39, 0.29) is 0 Å². The Morgan fingerprint density at radius 3 is 2.52 bits per heavy atom. The first-order chi connectivity index (χ1) is 14.9. The van der Waals surface area contributed by atoms with Gasteiger partial charge in [-0.15, -0.1) is 0 Å². The predicted octanol–water partition coefficient (Wildman–Crippen LogP) is 6.73. The summed E-state index contributed by atoms with van der Waals surface area (Å²) in [6.45, 7) is 15.0. The Labute approximate surface area is 191 Å². The zero-order chi connectivity index (χ0) is 22.1. The largest absolute Gasteiger partial charge is 0.494 e. The van der Waals surface area contributed by atoms with Crippen molar-refractivity contribution in [3.8, 4) is 5.75 Å². The highest BCUT2D eigenvalue weighted by Gasteiger charge is 2.28. The molecule has 1 aliphatic heterocycles. The lowest BCUT2D eigenvalue weighted by Crippen LogP contribution is -2.31. The van der Waals surface area contributed by atoms with Gasteiger partial charge < -0.3 is 15.0 Å². The molecular formula is C28H46N2O. The van der Waals surface area contributed by atoms with Crippen molar-refractivity contribution < 1.29 is 4.74 Å². The second-order valence-electron chi connectivity index (χ2n) is 10.6. The van der Waals surface area contributed by atoms with Crippen LogP contribution in [0.5, 0.6) is 5.75 Å². The fourth-order valence-electron chi connectivity index (χ4n) is 5.35. The van der Waals surface area contributed by atoms with Gasteiger partial charge in [0.2, 0.25) is 0 Å². The first kappa shape index (κ1) is 24.3. The lowest BCUT2D eigenvalue weighted by atomic mass is 9.71. The quantitative estimate of drug-likeness (QED) is 0.314. The third-order valence-corrected chi connectivity index (χ3v) is 7.43. The highest BCUT2D eigenvalue weighted by atomic mass is 16.5. The zero-order valence-corrected chi connectivity index (χ0v) is 20.6. The topological polar surface area (TPSA) is 24.5 Å². The third-order valence-electron chi connectivity index (χ3n) is 7.43. The molecule has 1 fully saturated rings. The van der Waals surface area contributed by atoms with Crippen molar-refractivity contribution in [2.45, 2.75) is 98.1 Å². The van der Waals surface area contributed by atoms with Crippen LogP contribution < -0.4 is 10.1 Å². The number of hydrogen-bond acceptors (Lipinski definition) is 3. The molecule has 1 saturated heterocycles. The molecule has 0 saturated carbocycles. The van der Waals surface area contributed by atoms with Gasteiger partial charge in [0.15, 0.2) is 0 Å². The molecule has 31 heavy (non-hydrogen) atoms. The van der Waals surface area contributed by atoms with Gasteiger partial charge in [0.1, 0.15) is 5.75 Å². The molecule has 0 spiro atoms. The monoisotopic (exact) mass is 426 g/mol. The van der Waals surface area contributed by atoms with Crippen LogP contribution in [-0.2, 0) is 6.54 Å². The maximum Gasteiger partial charge on any atom is 0.119 e. The molecule has 0 radical (unpaired) electrons. The van der Waals surface area contributed by atoms with E-state index < -0.39 is 0 Å². The molecule has 174 valence electrons. The summed E-state index contributed by atoms with van der Waals surface area (Å²) in [6, 6.07) is 9.19. The summed E-state index contributed by atoms with van der Waals surface area (Å²) >= 11 is 0. The minimum absolute atomic E-state index is 0.395. The summed E-state index contributed by atoms with van der Waals surface area (Å²) in [7, 11) is 0. The van der Waals surface area contributed by atoms with E-state index in [9.17, 15) is 0 Å². The van der Waals surface area contributed by atoms with Gasteiger partial charge in [-0.3, -0.25) is 0 Å². The van der Waals surface area contributed by atoms with Gasteiger partial charge in [-0.1, -0.05) is 43.5 Å². The van der Waals surface area contributed by atoms with E-state index in [2.05, 4.69) is 62.2 Å². The van der Waals surface area contributed by atoms with Crippen LogP contribution in [0.1, 0.15) is 91.0 Å². The molecule has 3 rings (SSSR count). The van der Waals surface area contributed by atoms with Gasteiger partial charge in [-0.25, -0.2) is 0 Å². The van der Waals surface area contributed by atoms with Gasteiger partial charge in [0.25, 0.3) is 0 Å². The molecule has 2 aliphatic rings. The molecule has 1 aromatic carbocycles. The first-order valence-electron chi connectivity index (χ1n) is 12.8. The molecular weight excluding hydrogens is 380 g/mol. The number of nitrogens with one attached hydrogen (secondary N) is 1. The van der Waals surface area contributed by atoms with Crippen molar-refractivity contribution in [2.24, 2.45) is 5.41 Å². The Balaban J connectivity index is 1.33. The van der Waals surface area contributed by atoms with Gasteiger partial charge in [0.05, 0.1) is 6.61 Å². The zero-order valence-electron chi connectivity index (χ0n) is 20.6. The minimum atomic E-state index is 0.395. The van der Waals surface area contributed by atoms with Crippen LogP contribution in [0.4, 0.5) is 0 Å². The summed E-state index contributed by atoms with van der Waals surface area (Å²) in [6.07, 6.45) is 11.7. The van der Waals surface area contributed by atoms with Gasteiger partial charge in [0, 0.05) is 19.1 Å². The normalized spacial score (nSPS) is 20.6. The number of benzene rings is 1. The maximum absolute atomic E-state index is 5.96. The molecule has 1 aromatic rings. The second kappa shape index (κ2) is 12.1. The molecule has 0 amide bonds. The maximum atomic E-state index is 5.96. The Bertz CT molecular complexity index is 685. The molecule has 0 bridgehead atoms. The van der Waals surface area contributed by atoms with Gasteiger partial charge in [-0.2, -0.15) is 0 Å². The van der Waals surface area contributed by atoms with Crippen LogP contribution in [0.15, 0.2) is 35.4 Å². The standard InChI is InChI=1S/C28H46N2O/c1-23-10-8-17-28(3,4)27(23)16-11-24(2)29-22-25-12-14-26(15-13-25)31-21-9-20-30-18-6-5-7-19-30/h12-15,24,29H,5-11,16-22H2,1-4H3/t24-/m0/s1.